The third kappa shape index (κ3) is 2.31. The molecule has 2 heterocycles. The minimum Gasteiger partial charge on any atom is -0.255 e. The topological polar surface area (TPSA) is 38.7 Å². The largest absolute Gasteiger partial charge is 0.255 e. The molecule has 0 aliphatic heterocycles. The Labute approximate surface area is 122 Å². The monoisotopic (exact) mass is 283 g/mol. The first-order chi connectivity index (χ1) is 9.45. The summed E-state index contributed by atoms with van der Waals surface area (Å²) in [6, 6.07) is 8.37. The van der Waals surface area contributed by atoms with Crippen molar-refractivity contribution < 1.29 is 0 Å². The Morgan fingerprint density at radius 1 is 1.10 bits per heavy atom. The van der Waals surface area contributed by atoms with Crippen LogP contribution in [-0.4, -0.2) is 15.2 Å². The van der Waals surface area contributed by atoms with Crippen molar-refractivity contribution in [1.82, 2.24) is 15.2 Å². The number of fused-ring (bicyclic) bond motifs is 1. The molecule has 1 aromatic carbocycles. The predicted molar refractivity (Wildman–Crippen MR) is 84.1 cm³/mol. The molecular weight excluding hydrogens is 266 g/mol. The summed E-state index contributed by atoms with van der Waals surface area (Å²) < 4.78 is 0. The molecule has 0 atom stereocenters. The zero-order valence-electron chi connectivity index (χ0n) is 12.1. The predicted octanol–water partition coefficient (Wildman–Crippen LogP) is 4.36. The first kappa shape index (κ1) is 13.2. The van der Waals surface area contributed by atoms with Gasteiger partial charge < -0.3 is 0 Å². The molecule has 0 aliphatic carbocycles. The van der Waals surface area contributed by atoms with E-state index in [1.165, 1.54) is 5.56 Å². The molecular formula is C16H17N3S. The normalized spacial score (nSPS) is 12.0. The zero-order chi connectivity index (χ0) is 14.3. The Morgan fingerprint density at radius 2 is 1.90 bits per heavy atom. The van der Waals surface area contributed by atoms with Gasteiger partial charge in [-0.05, 0) is 18.6 Å². The minimum absolute atomic E-state index is 0.0385. The first-order valence-corrected chi connectivity index (χ1v) is 7.46. The lowest BCUT2D eigenvalue weighted by Crippen LogP contribution is -2.10. The molecule has 2 aromatic heterocycles. The highest BCUT2D eigenvalue weighted by atomic mass is 32.1. The van der Waals surface area contributed by atoms with E-state index in [0.717, 1.165) is 26.5 Å². The van der Waals surface area contributed by atoms with E-state index in [0.29, 0.717) is 0 Å². The molecule has 0 fully saturated rings. The number of aryl methyl sites for hydroxylation is 1. The van der Waals surface area contributed by atoms with Gasteiger partial charge in [0, 0.05) is 22.6 Å². The summed E-state index contributed by atoms with van der Waals surface area (Å²) in [5.74, 6) is 0. The highest BCUT2D eigenvalue weighted by Crippen LogP contribution is 2.31. The van der Waals surface area contributed by atoms with Crippen molar-refractivity contribution in [2.24, 2.45) is 0 Å². The van der Waals surface area contributed by atoms with E-state index in [1.807, 2.05) is 6.20 Å². The van der Waals surface area contributed by atoms with E-state index in [9.17, 15) is 0 Å². The Hall–Kier alpha value is -1.81. The molecule has 102 valence electrons. The van der Waals surface area contributed by atoms with Gasteiger partial charge in [0.15, 0.2) is 0 Å². The van der Waals surface area contributed by atoms with Crippen molar-refractivity contribution in [2.75, 3.05) is 0 Å². The average Bonchev–Trinajstić information content (AvgIpc) is 2.88. The van der Waals surface area contributed by atoms with Gasteiger partial charge in [-0.3, -0.25) is 4.98 Å². The molecule has 20 heavy (non-hydrogen) atoms. The minimum atomic E-state index is 0.0385. The number of rotatable bonds is 1. The SMILES string of the molecule is Cc1cccc2cc(-c3nnc(C(C)(C)C)s3)cnc12. The number of hydrogen-bond donors (Lipinski definition) is 0. The van der Waals surface area contributed by atoms with Crippen molar-refractivity contribution in [3.05, 3.63) is 41.0 Å². The van der Waals surface area contributed by atoms with Gasteiger partial charge in [0.25, 0.3) is 0 Å². The molecule has 0 saturated heterocycles. The van der Waals surface area contributed by atoms with Crippen LogP contribution in [0.1, 0.15) is 31.3 Å². The van der Waals surface area contributed by atoms with E-state index in [2.05, 4.69) is 67.1 Å². The Kier molecular flexibility index (Phi) is 3.05. The van der Waals surface area contributed by atoms with Gasteiger partial charge >= 0.3 is 0 Å². The fourth-order valence-electron chi connectivity index (χ4n) is 2.07. The van der Waals surface area contributed by atoms with Gasteiger partial charge in [-0.15, -0.1) is 10.2 Å². The summed E-state index contributed by atoms with van der Waals surface area (Å²) in [5, 5.41) is 11.7. The zero-order valence-corrected chi connectivity index (χ0v) is 13.0. The van der Waals surface area contributed by atoms with Crippen LogP contribution in [0.4, 0.5) is 0 Å². The summed E-state index contributed by atoms with van der Waals surface area (Å²) in [4.78, 5) is 4.57. The number of pyridine rings is 1. The number of hydrogen-bond acceptors (Lipinski definition) is 4. The summed E-state index contributed by atoms with van der Waals surface area (Å²) in [7, 11) is 0. The van der Waals surface area contributed by atoms with Crippen molar-refractivity contribution in [1.29, 1.82) is 0 Å². The van der Waals surface area contributed by atoms with E-state index >= 15 is 0 Å². The van der Waals surface area contributed by atoms with E-state index < -0.39 is 0 Å². The maximum absolute atomic E-state index is 4.57. The lowest BCUT2D eigenvalue weighted by Gasteiger charge is -2.12. The Morgan fingerprint density at radius 3 is 2.60 bits per heavy atom. The van der Waals surface area contributed by atoms with Crippen molar-refractivity contribution in [2.45, 2.75) is 33.1 Å². The van der Waals surface area contributed by atoms with Gasteiger partial charge in [-0.1, -0.05) is 50.3 Å². The molecule has 0 radical (unpaired) electrons. The quantitative estimate of drug-likeness (QED) is 0.666. The van der Waals surface area contributed by atoms with Gasteiger partial charge in [0.1, 0.15) is 10.0 Å². The number of aromatic nitrogens is 3. The fraction of sp³-hybridized carbons (Fsp3) is 0.312. The van der Waals surface area contributed by atoms with Crippen LogP contribution in [0.15, 0.2) is 30.5 Å². The third-order valence-electron chi connectivity index (χ3n) is 3.23. The van der Waals surface area contributed by atoms with Gasteiger partial charge in [-0.25, -0.2) is 0 Å². The van der Waals surface area contributed by atoms with Crippen LogP contribution >= 0.6 is 11.3 Å². The van der Waals surface area contributed by atoms with Crippen LogP contribution < -0.4 is 0 Å². The van der Waals surface area contributed by atoms with Crippen LogP contribution in [0.2, 0.25) is 0 Å². The van der Waals surface area contributed by atoms with Crippen LogP contribution in [0.25, 0.3) is 21.5 Å². The van der Waals surface area contributed by atoms with Crippen LogP contribution in [-0.2, 0) is 5.41 Å². The molecule has 0 unspecified atom stereocenters. The molecule has 0 N–H and O–H groups in total. The van der Waals surface area contributed by atoms with Crippen molar-refractivity contribution in [3.8, 4) is 10.6 Å². The highest BCUT2D eigenvalue weighted by Gasteiger charge is 2.20. The lowest BCUT2D eigenvalue weighted by molar-refractivity contribution is 0.578. The van der Waals surface area contributed by atoms with Crippen LogP contribution in [0, 0.1) is 6.92 Å². The molecule has 0 saturated carbocycles. The second-order valence-corrected chi connectivity index (χ2v) is 7.01. The maximum atomic E-state index is 4.57. The van der Waals surface area contributed by atoms with E-state index in [-0.39, 0.29) is 5.41 Å². The Bertz CT molecular complexity index is 769. The molecule has 0 spiro atoms. The third-order valence-corrected chi connectivity index (χ3v) is 4.62. The molecule has 3 rings (SSSR count). The number of para-hydroxylation sites is 1. The molecule has 0 bridgehead atoms. The molecule has 3 nitrogen and oxygen atoms in total. The smallest absolute Gasteiger partial charge is 0.149 e. The standard InChI is InChI=1S/C16H17N3S/c1-10-6-5-7-11-8-12(9-17-13(10)11)14-18-19-15(20-14)16(2,3)4/h5-9H,1-4H3. The second kappa shape index (κ2) is 4.63. The van der Waals surface area contributed by atoms with Gasteiger partial charge in [0.2, 0.25) is 0 Å². The average molecular weight is 283 g/mol. The Balaban J connectivity index is 2.09. The summed E-state index contributed by atoms with van der Waals surface area (Å²) in [5.41, 5.74) is 3.33. The van der Waals surface area contributed by atoms with E-state index in [4.69, 9.17) is 0 Å². The molecule has 0 amide bonds. The van der Waals surface area contributed by atoms with Gasteiger partial charge in [-0.2, -0.15) is 0 Å². The highest BCUT2D eigenvalue weighted by molar-refractivity contribution is 7.14. The van der Waals surface area contributed by atoms with Crippen molar-refractivity contribution in [3.63, 3.8) is 0 Å². The van der Waals surface area contributed by atoms with Gasteiger partial charge in [0.05, 0.1) is 5.52 Å². The van der Waals surface area contributed by atoms with E-state index in [1.54, 1.807) is 11.3 Å². The molecule has 4 heteroatoms. The summed E-state index contributed by atoms with van der Waals surface area (Å²) in [6.07, 6.45) is 1.89. The first-order valence-electron chi connectivity index (χ1n) is 6.65. The lowest BCUT2D eigenvalue weighted by atomic mass is 9.98. The summed E-state index contributed by atoms with van der Waals surface area (Å²) in [6.45, 7) is 8.54. The van der Waals surface area contributed by atoms with Crippen LogP contribution in [0.3, 0.4) is 0 Å². The summed E-state index contributed by atoms with van der Waals surface area (Å²) >= 11 is 1.64. The second-order valence-electron chi connectivity index (χ2n) is 6.03. The number of nitrogens with zero attached hydrogens (tertiary/aromatic N) is 3. The maximum Gasteiger partial charge on any atom is 0.149 e. The van der Waals surface area contributed by atoms with Crippen LogP contribution in [0.5, 0.6) is 0 Å². The molecule has 0 aliphatic rings. The number of benzene rings is 1. The fourth-order valence-corrected chi connectivity index (χ4v) is 2.96. The molecule has 3 aromatic rings. The van der Waals surface area contributed by atoms with Crippen molar-refractivity contribution >= 4 is 22.2 Å².